The van der Waals surface area contributed by atoms with E-state index < -0.39 is 6.09 Å². The lowest BCUT2D eigenvalue weighted by Crippen LogP contribution is -2.36. The number of hydrogen-bond acceptors (Lipinski definition) is 5. The average Bonchev–Trinajstić information content (AvgIpc) is 3.02. The number of carbonyl (C=O) groups excluding carboxylic acids is 2. The van der Waals surface area contributed by atoms with Crippen molar-refractivity contribution < 1.29 is 23.5 Å². The van der Waals surface area contributed by atoms with Crippen LogP contribution < -0.4 is 9.80 Å². The van der Waals surface area contributed by atoms with Gasteiger partial charge in [0.1, 0.15) is 11.9 Å². The Labute approximate surface area is 152 Å². The molecule has 2 heterocycles. The number of hydrogen-bond donors (Lipinski definition) is 0. The van der Waals surface area contributed by atoms with Gasteiger partial charge in [-0.05, 0) is 37.6 Å². The molecule has 26 heavy (non-hydrogen) atoms. The number of carbonyl (C=O) groups is 2. The van der Waals surface area contributed by atoms with Crippen LogP contribution >= 0.6 is 0 Å². The number of amides is 1. The van der Waals surface area contributed by atoms with Gasteiger partial charge in [0.15, 0.2) is 5.78 Å². The first-order chi connectivity index (χ1) is 12.6. The maximum Gasteiger partial charge on any atom is 0.414 e. The molecule has 1 atom stereocenters. The van der Waals surface area contributed by atoms with Crippen molar-refractivity contribution in [3.63, 3.8) is 0 Å². The second-order valence-corrected chi connectivity index (χ2v) is 6.36. The van der Waals surface area contributed by atoms with Crippen molar-refractivity contribution in [2.75, 3.05) is 42.6 Å². The summed E-state index contributed by atoms with van der Waals surface area (Å²) >= 11 is 0. The molecule has 0 aromatic heterocycles. The molecule has 2 fully saturated rings. The molecule has 0 spiro atoms. The Morgan fingerprint density at radius 3 is 2.81 bits per heavy atom. The highest BCUT2D eigenvalue weighted by atomic mass is 19.1. The molecular formula is C19H23FN2O4. The van der Waals surface area contributed by atoms with Crippen molar-refractivity contribution in [3.8, 4) is 0 Å². The number of cyclic esters (lactones) is 1. The van der Waals surface area contributed by atoms with Crippen LogP contribution in [0.2, 0.25) is 0 Å². The topological polar surface area (TPSA) is 59.1 Å². The largest absolute Gasteiger partial charge is 0.444 e. The summed E-state index contributed by atoms with van der Waals surface area (Å²) in [6, 6.07) is 4.77. The van der Waals surface area contributed by atoms with E-state index in [0.717, 1.165) is 0 Å². The van der Waals surface area contributed by atoms with Crippen molar-refractivity contribution in [2.24, 2.45) is 0 Å². The van der Waals surface area contributed by atoms with E-state index >= 15 is 0 Å². The molecule has 2 saturated heterocycles. The lowest BCUT2D eigenvalue weighted by molar-refractivity contribution is -0.115. The minimum atomic E-state index is -0.507. The Morgan fingerprint density at radius 1 is 1.35 bits per heavy atom. The molecule has 0 bridgehead atoms. The highest BCUT2D eigenvalue weighted by Crippen LogP contribution is 2.29. The molecule has 1 aromatic carbocycles. The molecule has 1 aromatic rings. The number of benzene rings is 1. The number of nitrogens with zero attached hydrogens (tertiary/aromatic N) is 2. The van der Waals surface area contributed by atoms with Crippen LogP contribution in [0.4, 0.5) is 20.6 Å². The third-order valence-electron chi connectivity index (χ3n) is 4.53. The van der Waals surface area contributed by atoms with Gasteiger partial charge in [-0.3, -0.25) is 9.69 Å². The third-order valence-corrected chi connectivity index (χ3v) is 4.53. The van der Waals surface area contributed by atoms with Crippen LogP contribution in [0.1, 0.15) is 19.8 Å². The molecule has 3 rings (SSSR count). The van der Waals surface area contributed by atoms with E-state index in [-0.39, 0.29) is 17.7 Å². The summed E-state index contributed by atoms with van der Waals surface area (Å²) in [6.07, 6.45) is 3.11. The molecule has 0 saturated carbocycles. The summed E-state index contributed by atoms with van der Waals surface area (Å²) < 4.78 is 25.1. The predicted octanol–water partition coefficient (Wildman–Crippen LogP) is 2.91. The van der Waals surface area contributed by atoms with Crippen molar-refractivity contribution in [2.45, 2.75) is 25.9 Å². The molecular weight excluding hydrogens is 339 g/mol. The van der Waals surface area contributed by atoms with Gasteiger partial charge in [-0.15, -0.1) is 0 Å². The fraction of sp³-hybridized carbons (Fsp3) is 0.474. The summed E-state index contributed by atoms with van der Waals surface area (Å²) in [4.78, 5) is 27.0. The zero-order chi connectivity index (χ0) is 18.5. The van der Waals surface area contributed by atoms with Crippen LogP contribution in [-0.2, 0) is 14.3 Å². The maximum atomic E-state index is 14.5. The zero-order valence-electron chi connectivity index (χ0n) is 14.8. The molecule has 0 unspecified atom stereocenters. The minimum absolute atomic E-state index is 0.00269. The summed E-state index contributed by atoms with van der Waals surface area (Å²) in [7, 11) is 0. The van der Waals surface area contributed by atoms with Gasteiger partial charge in [-0.2, -0.15) is 0 Å². The van der Waals surface area contributed by atoms with Crippen LogP contribution in [0.25, 0.3) is 0 Å². The van der Waals surface area contributed by atoms with E-state index in [1.807, 2.05) is 4.90 Å². The van der Waals surface area contributed by atoms with Crippen molar-refractivity contribution in [1.29, 1.82) is 0 Å². The predicted molar refractivity (Wildman–Crippen MR) is 96.1 cm³/mol. The molecule has 140 valence electrons. The molecule has 0 N–H and O–H groups in total. The first kappa shape index (κ1) is 18.4. The quantitative estimate of drug-likeness (QED) is 0.729. The fourth-order valence-electron chi connectivity index (χ4n) is 3.18. The van der Waals surface area contributed by atoms with Crippen LogP contribution in [-0.4, -0.2) is 50.8 Å². The minimum Gasteiger partial charge on any atom is -0.444 e. The maximum absolute atomic E-state index is 14.5. The number of morpholine rings is 1. The van der Waals surface area contributed by atoms with Gasteiger partial charge in [0.25, 0.3) is 0 Å². The molecule has 0 radical (unpaired) electrons. The summed E-state index contributed by atoms with van der Waals surface area (Å²) in [5.41, 5.74) is 0.977. The standard InChI is InChI=1S/C19H23FN2O4/c1-2-3-15(23)5-6-16-13-22(19(24)26-16)14-4-7-18(17(20)12-14)21-8-10-25-11-9-21/h2-4,7,12,16H,5-6,8-11,13H2,1H3/b3-2+/t16-/m0/s1. The van der Waals surface area contributed by atoms with Gasteiger partial charge in [0.2, 0.25) is 0 Å². The first-order valence-corrected chi connectivity index (χ1v) is 8.84. The number of allylic oxidation sites excluding steroid dienone is 2. The fourth-order valence-corrected chi connectivity index (χ4v) is 3.18. The van der Waals surface area contributed by atoms with E-state index in [2.05, 4.69) is 0 Å². The van der Waals surface area contributed by atoms with E-state index in [1.165, 1.54) is 17.0 Å². The molecule has 7 heteroatoms. The lowest BCUT2D eigenvalue weighted by atomic mass is 10.1. The normalized spacial score (nSPS) is 20.7. The second-order valence-electron chi connectivity index (χ2n) is 6.36. The van der Waals surface area contributed by atoms with Gasteiger partial charge < -0.3 is 14.4 Å². The zero-order valence-corrected chi connectivity index (χ0v) is 14.8. The summed E-state index contributed by atoms with van der Waals surface area (Å²) in [5, 5.41) is 0. The third kappa shape index (κ3) is 4.22. The Bertz CT molecular complexity index is 701. The average molecular weight is 362 g/mol. The molecule has 1 amide bonds. The summed E-state index contributed by atoms with van der Waals surface area (Å²) in [6.45, 7) is 4.54. The van der Waals surface area contributed by atoms with Crippen LogP contribution in [0, 0.1) is 5.82 Å². The smallest absolute Gasteiger partial charge is 0.414 e. The Balaban J connectivity index is 1.64. The summed E-state index contributed by atoms with van der Waals surface area (Å²) in [5.74, 6) is -0.369. The number of rotatable bonds is 6. The lowest BCUT2D eigenvalue weighted by Gasteiger charge is -2.29. The van der Waals surface area contributed by atoms with E-state index in [0.29, 0.717) is 57.1 Å². The van der Waals surface area contributed by atoms with Crippen molar-refractivity contribution >= 4 is 23.3 Å². The van der Waals surface area contributed by atoms with Crippen molar-refractivity contribution in [3.05, 3.63) is 36.2 Å². The highest BCUT2D eigenvalue weighted by Gasteiger charge is 2.32. The number of ether oxygens (including phenoxy) is 2. The Kier molecular flexibility index (Phi) is 5.88. The van der Waals surface area contributed by atoms with Crippen molar-refractivity contribution in [1.82, 2.24) is 0 Å². The van der Waals surface area contributed by atoms with Crippen LogP contribution in [0.5, 0.6) is 0 Å². The SMILES string of the molecule is C/C=C/C(=O)CC[C@H]1CN(c2ccc(N3CCOCC3)c(F)c2)C(=O)O1. The Morgan fingerprint density at radius 2 is 2.12 bits per heavy atom. The number of ketones is 1. The number of halogens is 1. The Hall–Kier alpha value is -2.41. The van der Waals surface area contributed by atoms with Crippen LogP contribution in [0.3, 0.4) is 0 Å². The van der Waals surface area contributed by atoms with Gasteiger partial charge in [0, 0.05) is 19.5 Å². The molecule has 2 aliphatic rings. The van der Waals surface area contributed by atoms with Crippen LogP contribution in [0.15, 0.2) is 30.4 Å². The first-order valence-electron chi connectivity index (χ1n) is 8.84. The van der Waals surface area contributed by atoms with E-state index in [4.69, 9.17) is 9.47 Å². The molecule has 2 aliphatic heterocycles. The number of anilines is 2. The highest BCUT2D eigenvalue weighted by molar-refractivity contribution is 5.91. The van der Waals surface area contributed by atoms with E-state index in [9.17, 15) is 14.0 Å². The van der Waals surface area contributed by atoms with E-state index in [1.54, 1.807) is 25.1 Å². The molecule has 6 nitrogen and oxygen atoms in total. The van der Waals surface area contributed by atoms with Gasteiger partial charge in [-0.25, -0.2) is 9.18 Å². The van der Waals surface area contributed by atoms with Gasteiger partial charge in [-0.1, -0.05) is 6.08 Å². The van der Waals surface area contributed by atoms with Gasteiger partial charge in [0.05, 0.1) is 31.1 Å². The van der Waals surface area contributed by atoms with Gasteiger partial charge >= 0.3 is 6.09 Å². The monoisotopic (exact) mass is 362 g/mol. The molecule has 0 aliphatic carbocycles. The second kappa shape index (κ2) is 8.31.